The van der Waals surface area contributed by atoms with Gasteiger partial charge in [-0.3, -0.25) is 14.4 Å². The molecule has 1 aromatic heterocycles. The van der Waals surface area contributed by atoms with E-state index in [0.29, 0.717) is 18.8 Å². The number of para-hydroxylation sites is 1. The van der Waals surface area contributed by atoms with Crippen LogP contribution >= 0.6 is 0 Å². The van der Waals surface area contributed by atoms with Crippen molar-refractivity contribution in [3.05, 3.63) is 36.0 Å². The Kier molecular flexibility index (Phi) is 8.46. The second kappa shape index (κ2) is 11.5. The van der Waals surface area contributed by atoms with Gasteiger partial charge < -0.3 is 26.0 Å². The van der Waals surface area contributed by atoms with E-state index < -0.39 is 12.0 Å². The van der Waals surface area contributed by atoms with Gasteiger partial charge in [0, 0.05) is 29.6 Å². The van der Waals surface area contributed by atoms with Gasteiger partial charge in [-0.15, -0.1) is 0 Å². The first-order valence-corrected chi connectivity index (χ1v) is 11.0. The smallest absolute Gasteiger partial charge is 0.305 e. The van der Waals surface area contributed by atoms with Crippen molar-refractivity contribution >= 4 is 28.7 Å². The number of amides is 2. The van der Waals surface area contributed by atoms with Gasteiger partial charge in [-0.1, -0.05) is 18.2 Å². The first kappa shape index (κ1) is 22.8. The lowest BCUT2D eigenvalue weighted by Crippen LogP contribution is -2.43. The van der Waals surface area contributed by atoms with E-state index in [2.05, 4.69) is 20.9 Å². The average Bonchev–Trinajstić information content (AvgIpc) is 3.15. The van der Waals surface area contributed by atoms with Crippen LogP contribution in [0.4, 0.5) is 0 Å². The summed E-state index contributed by atoms with van der Waals surface area (Å²) in [6.45, 7) is 1.95. The van der Waals surface area contributed by atoms with Crippen molar-refractivity contribution in [1.82, 2.24) is 20.9 Å². The number of carboxylic acid groups (broad SMARTS) is 1. The average molecular weight is 429 g/mol. The Bertz CT molecular complexity index is 889. The molecule has 2 heterocycles. The van der Waals surface area contributed by atoms with E-state index in [1.54, 1.807) is 0 Å². The monoisotopic (exact) mass is 428 g/mol. The fraction of sp³-hybridized carbons (Fsp3) is 0.522. The third-order valence-electron chi connectivity index (χ3n) is 5.85. The first-order chi connectivity index (χ1) is 15.0. The van der Waals surface area contributed by atoms with Crippen molar-refractivity contribution in [3.8, 4) is 0 Å². The Morgan fingerprint density at radius 1 is 1.13 bits per heavy atom. The number of aliphatic carboxylic acids is 1. The molecule has 0 bridgehead atoms. The zero-order chi connectivity index (χ0) is 22.1. The van der Waals surface area contributed by atoms with Crippen LogP contribution < -0.4 is 16.0 Å². The molecule has 1 fully saturated rings. The summed E-state index contributed by atoms with van der Waals surface area (Å²) < 4.78 is 0. The third kappa shape index (κ3) is 7.40. The highest BCUT2D eigenvalue weighted by atomic mass is 16.4. The lowest BCUT2D eigenvalue weighted by Gasteiger charge is -2.22. The number of rotatable bonds is 11. The summed E-state index contributed by atoms with van der Waals surface area (Å²) in [6, 6.07) is 7.20. The Morgan fingerprint density at radius 2 is 1.90 bits per heavy atom. The van der Waals surface area contributed by atoms with E-state index in [1.165, 1.54) is 0 Å². The predicted octanol–water partition coefficient (Wildman–Crippen LogP) is 1.96. The first-order valence-electron chi connectivity index (χ1n) is 11.0. The lowest BCUT2D eigenvalue weighted by atomic mass is 9.92. The van der Waals surface area contributed by atoms with Crippen LogP contribution in [0, 0.1) is 5.92 Å². The third-order valence-corrected chi connectivity index (χ3v) is 5.85. The van der Waals surface area contributed by atoms with Crippen LogP contribution in [0.5, 0.6) is 0 Å². The van der Waals surface area contributed by atoms with Gasteiger partial charge in [-0.2, -0.15) is 0 Å². The van der Waals surface area contributed by atoms with Crippen molar-refractivity contribution < 1.29 is 19.5 Å². The molecule has 31 heavy (non-hydrogen) atoms. The highest BCUT2D eigenvalue weighted by molar-refractivity contribution is 5.86. The molecule has 168 valence electrons. The molecule has 1 aromatic carbocycles. The molecule has 1 atom stereocenters. The molecule has 5 N–H and O–H groups in total. The maximum absolute atomic E-state index is 12.3. The summed E-state index contributed by atoms with van der Waals surface area (Å²) in [5.41, 5.74) is 1.92. The van der Waals surface area contributed by atoms with E-state index in [4.69, 9.17) is 0 Å². The quantitative estimate of drug-likeness (QED) is 0.374. The van der Waals surface area contributed by atoms with E-state index in [9.17, 15) is 19.5 Å². The number of hydrogen-bond donors (Lipinski definition) is 5. The van der Waals surface area contributed by atoms with Gasteiger partial charge in [0.2, 0.25) is 11.8 Å². The number of H-pyrrole nitrogens is 1. The molecule has 1 aliphatic heterocycles. The van der Waals surface area contributed by atoms with Crippen molar-refractivity contribution in [2.45, 2.75) is 51.0 Å². The predicted molar refractivity (Wildman–Crippen MR) is 119 cm³/mol. The number of piperidine rings is 1. The molecule has 0 aliphatic carbocycles. The lowest BCUT2D eigenvalue weighted by molar-refractivity contribution is -0.137. The minimum absolute atomic E-state index is 0.143. The summed E-state index contributed by atoms with van der Waals surface area (Å²) in [5.74, 6) is -0.820. The molecule has 2 aromatic rings. The van der Waals surface area contributed by atoms with E-state index >= 15 is 0 Å². The van der Waals surface area contributed by atoms with Crippen LogP contribution in [-0.4, -0.2) is 53.6 Å². The van der Waals surface area contributed by atoms with Gasteiger partial charge in [0.05, 0.1) is 13.0 Å². The van der Waals surface area contributed by atoms with Crippen LogP contribution in [0.1, 0.15) is 44.1 Å². The zero-order valence-electron chi connectivity index (χ0n) is 17.8. The maximum atomic E-state index is 12.3. The molecule has 8 heteroatoms. The molecular weight excluding hydrogens is 396 g/mol. The van der Waals surface area contributed by atoms with Crippen LogP contribution in [0.25, 0.3) is 10.9 Å². The number of carbonyl (C=O) groups excluding carboxylic acids is 2. The van der Waals surface area contributed by atoms with Gasteiger partial charge in [0.25, 0.3) is 0 Å². The van der Waals surface area contributed by atoms with E-state index in [0.717, 1.165) is 55.2 Å². The molecule has 0 saturated carbocycles. The second-order valence-electron chi connectivity index (χ2n) is 8.29. The van der Waals surface area contributed by atoms with Crippen molar-refractivity contribution in [2.75, 3.05) is 19.6 Å². The molecule has 1 aliphatic rings. The highest BCUT2D eigenvalue weighted by Crippen LogP contribution is 2.20. The van der Waals surface area contributed by atoms with Gasteiger partial charge in [0.1, 0.15) is 0 Å². The number of carbonyl (C=O) groups is 3. The van der Waals surface area contributed by atoms with Gasteiger partial charge in [-0.25, -0.2) is 0 Å². The summed E-state index contributed by atoms with van der Waals surface area (Å²) >= 11 is 0. The van der Waals surface area contributed by atoms with Crippen molar-refractivity contribution in [3.63, 3.8) is 0 Å². The Balaban J connectivity index is 1.43. The summed E-state index contributed by atoms with van der Waals surface area (Å²) in [7, 11) is 0. The summed E-state index contributed by atoms with van der Waals surface area (Å²) in [5, 5.41) is 19.0. The standard InChI is InChI=1S/C23H32N4O4/c28-21(7-3-4-16-8-10-24-11-9-16)26-15-22(29)27-18(13-23(30)31)12-17-14-25-20-6-2-1-5-19(17)20/h1-2,5-6,14,16,18,24-25H,3-4,7-13,15H2,(H,26,28)(H,27,29)(H,30,31)/t18-/m0/s1. The summed E-state index contributed by atoms with van der Waals surface area (Å²) in [6.07, 6.45) is 6.63. The van der Waals surface area contributed by atoms with Crippen LogP contribution in [-0.2, 0) is 20.8 Å². The van der Waals surface area contributed by atoms with Crippen molar-refractivity contribution in [1.29, 1.82) is 0 Å². The maximum Gasteiger partial charge on any atom is 0.305 e. The molecule has 2 amide bonds. The molecule has 8 nitrogen and oxygen atoms in total. The zero-order valence-corrected chi connectivity index (χ0v) is 17.8. The van der Waals surface area contributed by atoms with Crippen LogP contribution in [0.2, 0.25) is 0 Å². The molecule has 0 unspecified atom stereocenters. The number of benzene rings is 1. The molecule has 3 rings (SSSR count). The SMILES string of the molecule is O=C(O)C[C@H](Cc1c[nH]c2ccccc12)NC(=O)CNC(=O)CCCC1CCNCC1. The van der Waals surface area contributed by atoms with Crippen LogP contribution in [0.15, 0.2) is 30.5 Å². The summed E-state index contributed by atoms with van der Waals surface area (Å²) in [4.78, 5) is 38.8. The number of carboxylic acids is 1. The number of aromatic nitrogens is 1. The number of aromatic amines is 1. The Morgan fingerprint density at radius 3 is 2.68 bits per heavy atom. The highest BCUT2D eigenvalue weighted by Gasteiger charge is 2.19. The molecule has 1 saturated heterocycles. The Hall–Kier alpha value is -2.87. The van der Waals surface area contributed by atoms with Gasteiger partial charge in [-0.05, 0) is 62.7 Å². The minimum Gasteiger partial charge on any atom is -0.481 e. The Labute approximate surface area is 182 Å². The molecular formula is C23H32N4O4. The van der Waals surface area contributed by atoms with E-state index in [-0.39, 0.29) is 24.8 Å². The second-order valence-corrected chi connectivity index (χ2v) is 8.29. The molecule has 0 radical (unpaired) electrons. The number of fused-ring (bicyclic) bond motifs is 1. The van der Waals surface area contributed by atoms with Gasteiger partial charge >= 0.3 is 5.97 Å². The fourth-order valence-corrected chi connectivity index (χ4v) is 4.22. The minimum atomic E-state index is -0.980. The fourth-order valence-electron chi connectivity index (χ4n) is 4.22. The molecule has 0 spiro atoms. The van der Waals surface area contributed by atoms with Crippen molar-refractivity contribution in [2.24, 2.45) is 5.92 Å². The normalized spacial score (nSPS) is 15.5. The topological polar surface area (TPSA) is 123 Å². The van der Waals surface area contributed by atoms with Crippen LogP contribution in [0.3, 0.4) is 0 Å². The number of nitrogens with one attached hydrogen (secondary N) is 4. The van der Waals surface area contributed by atoms with Gasteiger partial charge in [0.15, 0.2) is 0 Å². The van der Waals surface area contributed by atoms with E-state index in [1.807, 2.05) is 30.5 Å². The largest absolute Gasteiger partial charge is 0.481 e. The number of hydrogen-bond acceptors (Lipinski definition) is 4.